The van der Waals surface area contributed by atoms with E-state index >= 15 is 0 Å². The van der Waals surface area contributed by atoms with E-state index in [1.165, 1.54) is 30.5 Å². The van der Waals surface area contributed by atoms with Gasteiger partial charge in [-0.15, -0.1) is 0 Å². The number of amides is 1. The highest BCUT2D eigenvalue weighted by Crippen LogP contribution is 2.64. The Morgan fingerprint density at radius 3 is 2.88 bits per heavy atom. The van der Waals surface area contributed by atoms with Gasteiger partial charge in [0.2, 0.25) is 5.91 Å². The van der Waals surface area contributed by atoms with Gasteiger partial charge in [-0.05, 0) is 61.0 Å². The molecule has 5 rings (SSSR count). The highest BCUT2D eigenvalue weighted by molar-refractivity contribution is 5.77. The molecule has 3 aliphatic carbocycles. The minimum Gasteiger partial charge on any atom is -0.333 e. The average Bonchev–Trinajstić information content (AvgIpc) is 3.22. The van der Waals surface area contributed by atoms with Gasteiger partial charge in [-0.25, -0.2) is 4.98 Å². The van der Waals surface area contributed by atoms with Gasteiger partial charge in [-0.1, -0.05) is 25.5 Å². The third kappa shape index (κ3) is 2.07. The van der Waals surface area contributed by atoms with E-state index in [9.17, 15) is 4.79 Å². The van der Waals surface area contributed by atoms with Gasteiger partial charge in [-0.3, -0.25) is 4.79 Å². The van der Waals surface area contributed by atoms with Gasteiger partial charge >= 0.3 is 0 Å². The van der Waals surface area contributed by atoms with Crippen LogP contribution in [0.5, 0.6) is 0 Å². The Hall–Kier alpha value is -2.10. The normalized spacial score (nSPS) is 38.8. The third-order valence-electron chi connectivity index (χ3n) is 7.80. The van der Waals surface area contributed by atoms with Crippen LogP contribution < -0.4 is 5.32 Å². The summed E-state index contributed by atoms with van der Waals surface area (Å²) in [5.41, 5.74) is 4.73. The van der Waals surface area contributed by atoms with E-state index in [1.807, 2.05) is 18.7 Å². The molecule has 2 fully saturated rings. The lowest BCUT2D eigenvalue weighted by Gasteiger charge is -2.54. The molecule has 0 spiro atoms. The Bertz CT molecular complexity index is 847. The quantitative estimate of drug-likeness (QED) is 0.822. The molecule has 0 bridgehead atoms. The van der Waals surface area contributed by atoms with Crippen LogP contribution >= 0.6 is 0 Å². The van der Waals surface area contributed by atoms with Crippen molar-refractivity contribution in [3.05, 3.63) is 48.2 Å². The first-order valence-electron chi connectivity index (χ1n) is 9.92. The fourth-order valence-electron chi connectivity index (χ4n) is 6.27. The van der Waals surface area contributed by atoms with Crippen molar-refractivity contribution in [2.75, 3.05) is 0 Å². The maximum Gasteiger partial charge on any atom is 0.223 e. The number of nitrogens with one attached hydrogen (secondary N) is 1. The van der Waals surface area contributed by atoms with E-state index in [2.05, 4.69) is 47.1 Å². The van der Waals surface area contributed by atoms with Crippen molar-refractivity contribution in [3.8, 4) is 0 Å². The summed E-state index contributed by atoms with van der Waals surface area (Å²) in [5.74, 6) is 1.45. The fourth-order valence-corrected chi connectivity index (χ4v) is 6.27. The summed E-state index contributed by atoms with van der Waals surface area (Å²) in [5, 5.41) is 3.01. The van der Waals surface area contributed by atoms with Crippen molar-refractivity contribution in [3.63, 3.8) is 0 Å². The molecule has 1 N–H and O–H groups in total. The predicted molar refractivity (Wildman–Crippen MR) is 102 cm³/mol. The highest BCUT2D eigenvalue weighted by Gasteiger charge is 2.54. The van der Waals surface area contributed by atoms with Crippen molar-refractivity contribution >= 4 is 11.6 Å². The van der Waals surface area contributed by atoms with Gasteiger partial charge in [0, 0.05) is 36.1 Å². The summed E-state index contributed by atoms with van der Waals surface area (Å²) >= 11 is 0. The minimum absolute atomic E-state index is 0.123. The number of hydrogen-bond acceptors (Lipinski definition) is 2. The van der Waals surface area contributed by atoms with Crippen molar-refractivity contribution in [1.29, 1.82) is 0 Å². The smallest absolute Gasteiger partial charge is 0.223 e. The standard InChI is InChI=1S/C22H27N3O/c1-21-10-8-20(26)24-13-15(21)3-4-16-17-5-6-19(25-12-11-23-14-25)22(17,2)9-7-18(16)21/h5-6,11-14,16,18H,3-4,7-10H2,1-2H3,(H,24,26)/t16?,18?,21-,22-/m0/s1. The number of hydrogen-bond donors (Lipinski definition) is 1. The van der Waals surface area contributed by atoms with Crippen LogP contribution in [0, 0.1) is 22.7 Å². The molecular formula is C22H27N3O. The number of imidazole rings is 1. The third-order valence-corrected chi connectivity index (χ3v) is 7.80. The van der Waals surface area contributed by atoms with Crippen molar-refractivity contribution in [2.24, 2.45) is 22.7 Å². The molecule has 2 saturated carbocycles. The topological polar surface area (TPSA) is 46.9 Å². The summed E-state index contributed by atoms with van der Waals surface area (Å²) in [6.45, 7) is 4.83. The number of carbonyl (C=O) groups excluding carboxylic acids is 1. The summed E-state index contributed by atoms with van der Waals surface area (Å²) < 4.78 is 2.19. The monoisotopic (exact) mass is 349 g/mol. The molecule has 1 amide bonds. The molecule has 2 unspecified atom stereocenters. The second-order valence-electron chi connectivity index (χ2n) is 8.92. The molecule has 0 saturated heterocycles. The SMILES string of the molecule is C[C@]12CCC3C(CCC4=CNC(=O)CC[C@@]43C)C1=CC=C2n1ccnc1. The summed E-state index contributed by atoms with van der Waals surface area (Å²) in [6.07, 6.45) is 18.9. The van der Waals surface area contributed by atoms with Crippen molar-refractivity contribution in [1.82, 2.24) is 14.9 Å². The second-order valence-corrected chi connectivity index (χ2v) is 8.92. The molecule has 4 atom stereocenters. The summed E-state index contributed by atoms with van der Waals surface area (Å²) in [6, 6.07) is 0. The first kappa shape index (κ1) is 16.1. The molecule has 0 aromatic carbocycles. The van der Waals surface area contributed by atoms with E-state index < -0.39 is 0 Å². The van der Waals surface area contributed by atoms with E-state index in [1.54, 1.807) is 5.57 Å². The Morgan fingerprint density at radius 1 is 1.19 bits per heavy atom. The largest absolute Gasteiger partial charge is 0.333 e. The number of nitrogens with zero attached hydrogens (tertiary/aromatic N) is 2. The van der Waals surface area contributed by atoms with Gasteiger partial charge in [0.05, 0.1) is 6.33 Å². The lowest BCUT2D eigenvalue weighted by molar-refractivity contribution is -0.120. The maximum absolute atomic E-state index is 12.0. The Balaban J connectivity index is 1.49. The number of fused-ring (bicyclic) bond motifs is 5. The number of allylic oxidation sites excluding steroid dienone is 5. The molecule has 4 nitrogen and oxygen atoms in total. The molecule has 1 aliphatic heterocycles. The minimum atomic E-state index is 0.123. The number of aromatic nitrogens is 2. The van der Waals surface area contributed by atoms with Crippen LogP contribution in [-0.2, 0) is 4.79 Å². The molecule has 26 heavy (non-hydrogen) atoms. The maximum atomic E-state index is 12.0. The highest BCUT2D eigenvalue weighted by atomic mass is 16.1. The van der Waals surface area contributed by atoms with Crippen LogP contribution in [0.2, 0.25) is 0 Å². The van der Waals surface area contributed by atoms with Gasteiger partial charge in [0.15, 0.2) is 0 Å². The molecule has 4 heteroatoms. The lowest BCUT2D eigenvalue weighted by Crippen LogP contribution is -2.45. The first-order chi connectivity index (χ1) is 12.5. The zero-order chi connectivity index (χ0) is 17.9. The number of carbonyl (C=O) groups is 1. The fraction of sp³-hybridized carbons (Fsp3) is 0.545. The zero-order valence-corrected chi connectivity index (χ0v) is 15.7. The van der Waals surface area contributed by atoms with Gasteiger partial charge in [0.25, 0.3) is 0 Å². The van der Waals surface area contributed by atoms with Crippen LogP contribution in [0.1, 0.15) is 52.4 Å². The van der Waals surface area contributed by atoms with E-state index in [0.717, 1.165) is 12.8 Å². The van der Waals surface area contributed by atoms with Crippen LogP contribution in [0.4, 0.5) is 0 Å². The molecule has 136 valence electrons. The van der Waals surface area contributed by atoms with Crippen LogP contribution in [0.25, 0.3) is 5.70 Å². The van der Waals surface area contributed by atoms with Crippen LogP contribution in [0.3, 0.4) is 0 Å². The molecule has 1 aromatic rings. The molecule has 2 heterocycles. The average molecular weight is 349 g/mol. The van der Waals surface area contributed by atoms with E-state index in [-0.39, 0.29) is 16.7 Å². The van der Waals surface area contributed by atoms with E-state index in [4.69, 9.17) is 0 Å². The molecule has 1 aromatic heterocycles. The number of rotatable bonds is 1. The van der Waals surface area contributed by atoms with Crippen molar-refractivity contribution in [2.45, 2.75) is 52.4 Å². The van der Waals surface area contributed by atoms with Gasteiger partial charge in [0.1, 0.15) is 0 Å². The molecule has 0 radical (unpaired) electrons. The van der Waals surface area contributed by atoms with Gasteiger partial charge < -0.3 is 9.88 Å². The Labute approximate surface area is 155 Å². The predicted octanol–water partition coefficient (Wildman–Crippen LogP) is 4.29. The van der Waals surface area contributed by atoms with Crippen LogP contribution in [0.15, 0.2) is 48.2 Å². The summed E-state index contributed by atoms with van der Waals surface area (Å²) in [4.78, 5) is 16.2. The summed E-state index contributed by atoms with van der Waals surface area (Å²) in [7, 11) is 0. The zero-order valence-electron chi connectivity index (χ0n) is 15.7. The van der Waals surface area contributed by atoms with Crippen molar-refractivity contribution < 1.29 is 4.79 Å². The van der Waals surface area contributed by atoms with E-state index in [0.29, 0.717) is 18.3 Å². The molecule has 4 aliphatic rings. The second kappa shape index (κ2) is 5.45. The van der Waals surface area contributed by atoms with Crippen LogP contribution in [-0.4, -0.2) is 15.5 Å². The Morgan fingerprint density at radius 2 is 2.08 bits per heavy atom. The first-order valence-corrected chi connectivity index (χ1v) is 9.92. The van der Waals surface area contributed by atoms with Gasteiger partial charge in [-0.2, -0.15) is 0 Å². The Kier molecular flexibility index (Phi) is 3.37. The molecular weight excluding hydrogens is 322 g/mol. The lowest BCUT2D eigenvalue weighted by atomic mass is 9.50.